The molecule has 1 aliphatic rings. The molecule has 1 fully saturated rings. The lowest BCUT2D eigenvalue weighted by Gasteiger charge is -2.32. The van der Waals surface area contributed by atoms with Gasteiger partial charge in [0.25, 0.3) is 0 Å². The first kappa shape index (κ1) is 14.5. The number of thiophene rings is 1. The SMILES string of the molecule is CCc1cc2c(N3CCCC(C(N)=O)C3)nc(Cl)nc2s1. The quantitative estimate of drug-likeness (QED) is 0.881. The van der Waals surface area contributed by atoms with E-state index in [9.17, 15) is 4.79 Å². The molecular formula is C14H17ClN4OS. The molecule has 21 heavy (non-hydrogen) atoms. The summed E-state index contributed by atoms with van der Waals surface area (Å²) in [6, 6.07) is 2.12. The summed E-state index contributed by atoms with van der Waals surface area (Å²) in [5.41, 5.74) is 5.45. The van der Waals surface area contributed by atoms with Gasteiger partial charge in [0, 0.05) is 18.0 Å². The fourth-order valence-corrected chi connectivity index (χ4v) is 3.92. The predicted octanol–water partition coefficient (Wildman–Crippen LogP) is 2.61. The molecule has 1 atom stereocenters. The van der Waals surface area contributed by atoms with Gasteiger partial charge in [0.1, 0.15) is 10.6 Å². The highest BCUT2D eigenvalue weighted by Crippen LogP contribution is 2.34. The molecule has 5 nitrogen and oxygen atoms in total. The highest BCUT2D eigenvalue weighted by atomic mass is 35.5. The average molecular weight is 325 g/mol. The number of hydrogen-bond donors (Lipinski definition) is 1. The van der Waals surface area contributed by atoms with E-state index >= 15 is 0 Å². The fraction of sp³-hybridized carbons (Fsp3) is 0.500. The van der Waals surface area contributed by atoms with Crippen molar-refractivity contribution < 1.29 is 4.79 Å². The summed E-state index contributed by atoms with van der Waals surface area (Å²) in [5, 5.41) is 1.27. The van der Waals surface area contributed by atoms with Crippen LogP contribution in [-0.2, 0) is 11.2 Å². The summed E-state index contributed by atoms with van der Waals surface area (Å²) in [6.45, 7) is 3.59. The molecule has 2 N–H and O–H groups in total. The molecule has 7 heteroatoms. The zero-order chi connectivity index (χ0) is 15.0. The number of halogens is 1. The molecule has 1 saturated heterocycles. The third kappa shape index (κ3) is 2.82. The van der Waals surface area contributed by atoms with E-state index < -0.39 is 0 Å². The number of hydrogen-bond acceptors (Lipinski definition) is 5. The molecule has 1 amide bonds. The number of primary amides is 1. The molecule has 2 aromatic heterocycles. The van der Waals surface area contributed by atoms with Crippen molar-refractivity contribution in [3.63, 3.8) is 0 Å². The lowest BCUT2D eigenvalue weighted by molar-refractivity contribution is -0.122. The Morgan fingerprint density at radius 2 is 2.38 bits per heavy atom. The summed E-state index contributed by atoms with van der Waals surface area (Å²) in [7, 11) is 0. The van der Waals surface area contributed by atoms with Gasteiger partial charge in [0.15, 0.2) is 0 Å². The minimum atomic E-state index is -0.240. The summed E-state index contributed by atoms with van der Waals surface area (Å²) in [4.78, 5) is 24.4. The molecule has 0 saturated carbocycles. The number of fused-ring (bicyclic) bond motifs is 1. The number of anilines is 1. The van der Waals surface area contributed by atoms with Crippen LogP contribution >= 0.6 is 22.9 Å². The van der Waals surface area contributed by atoms with Crippen molar-refractivity contribution in [3.05, 3.63) is 16.2 Å². The van der Waals surface area contributed by atoms with Gasteiger partial charge in [-0.25, -0.2) is 4.98 Å². The summed E-state index contributed by atoms with van der Waals surface area (Å²) >= 11 is 7.70. The standard InChI is InChI=1S/C14H17ClN4OS/c1-2-9-6-10-12(17-14(15)18-13(10)21-9)19-5-3-4-8(7-19)11(16)20/h6,8H,2-5,7H2,1H3,(H2,16,20). The number of rotatable bonds is 3. The van der Waals surface area contributed by atoms with Crippen molar-refractivity contribution in [2.24, 2.45) is 11.7 Å². The Labute approximate surface area is 132 Å². The lowest BCUT2D eigenvalue weighted by Crippen LogP contribution is -2.41. The smallest absolute Gasteiger partial charge is 0.225 e. The summed E-state index contributed by atoms with van der Waals surface area (Å²) in [6.07, 6.45) is 2.74. The number of aryl methyl sites for hydroxylation is 1. The first-order valence-corrected chi connectivity index (χ1v) is 8.28. The van der Waals surface area contributed by atoms with E-state index in [1.165, 1.54) is 4.88 Å². The van der Waals surface area contributed by atoms with Gasteiger partial charge in [0.2, 0.25) is 11.2 Å². The maximum atomic E-state index is 11.5. The van der Waals surface area contributed by atoms with E-state index in [1.54, 1.807) is 11.3 Å². The second kappa shape index (κ2) is 5.77. The van der Waals surface area contributed by atoms with Gasteiger partial charge in [0.05, 0.1) is 11.3 Å². The van der Waals surface area contributed by atoms with Crippen molar-refractivity contribution >= 4 is 44.9 Å². The van der Waals surface area contributed by atoms with Crippen molar-refractivity contribution in [2.75, 3.05) is 18.0 Å². The van der Waals surface area contributed by atoms with Crippen LogP contribution in [0.3, 0.4) is 0 Å². The Morgan fingerprint density at radius 1 is 1.57 bits per heavy atom. The number of amides is 1. The molecule has 3 rings (SSSR count). The van der Waals surface area contributed by atoms with Crippen LogP contribution in [0.5, 0.6) is 0 Å². The average Bonchev–Trinajstić information content (AvgIpc) is 2.89. The maximum absolute atomic E-state index is 11.5. The van der Waals surface area contributed by atoms with Crippen LogP contribution in [0.1, 0.15) is 24.6 Å². The van der Waals surface area contributed by atoms with Gasteiger partial charge in [-0.05, 0) is 36.9 Å². The molecule has 1 aliphatic heterocycles. The molecule has 0 radical (unpaired) electrons. The number of carbonyl (C=O) groups excluding carboxylic acids is 1. The van der Waals surface area contributed by atoms with Crippen LogP contribution in [0.25, 0.3) is 10.2 Å². The van der Waals surface area contributed by atoms with Gasteiger partial charge in [-0.15, -0.1) is 11.3 Å². The van der Waals surface area contributed by atoms with Crippen molar-refractivity contribution in [1.82, 2.24) is 9.97 Å². The van der Waals surface area contributed by atoms with Gasteiger partial charge in [-0.3, -0.25) is 4.79 Å². The third-order valence-electron chi connectivity index (χ3n) is 3.87. The van der Waals surface area contributed by atoms with Gasteiger partial charge < -0.3 is 10.6 Å². The highest BCUT2D eigenvalue weighted by molar-refractivity contribution is 7.18. The molecule has 1 unspecified atom stereocenters. The third-order valence-corrected chi connectivity index (χ3v) is 5.21. The van der Waals surface area contributed by atoms with Crippen LogP contribution in [0.4, 0.5) is 5.82 Å². The Morgan fingerprint density at radius 3 is 3.10 bits per heavy atom. The Hall–Kier alpha value is -1.40. The lowest BCUT2D eigenvalue weighted by atomic mass is 9.97. The maximum Gasteiger partial charge on any atom is 0.225 e. The molecule has 3 heterocycles. The predicted molar refractivity (Wildman–Crippen MR) is 85.9 cm³/mol. The fourth-order valence-electron chi connectivity index (χ4n) is 2.75. The monoisotopic (exact) mass is 324 g/mol. The first-order valence-electron chi connectivity index (χ1n) is 7.08. The second-order valence-electron chi connectivity index (χ2n) is 5.29. The summed E-state index contributed by atoms with van der Waals surface area (Å²) < 4.78 is 0. The minimum absolute atomic E-state index is 0.119. The second-order valence-corrected chi connectivity index (χ2v) is 6.74. The molecule has 0 bridgehead atoms. The molecule has 0 aromatic carbocycles. The summed E-state index contributed by atoms with van der Waals surface area (Å²) in [5.74, 6) is 0.467. The Bertz CT molecular complexity index is 687. The number of nitrogens with two attached hydrogens (primary N) is 1. The first-order chi connectivity index (χ1) is 10.1. The minimum Gasteiger partial charge on any atom is -0.369 e. The van der Waals surface area contributed by atoms with Crippen molar-refractivity contribution in [2.45, 2.75) is 26.2 Å². The van der Waals surface area contributed by atoms with Crippen molar-refractivity contribution in [3.8, 4) is 0 Å². The molecule has 2 aromatic rings. The largest absolute Gasteiger partial charge is 0.369 e. The molecular weight excluding hydrogens is 308 g/mol. The van der Waals surface area contributed by atoms with E-state index in [4.69, 9.17) is 17.3 Å². The number of piperidine rings is 1. The van der Waals surface area contributed by atoms with Crippen LogP contribution < -0.4 is 10.6 Å². The molecule has 112 valence electrons. The van der Waals surface area contributed by atoms with E-state index in [0.29, 0.717) is 6.54 Å². The van der Waals surface area contributed by atoms with Crippen LogP contribution in [0, 0.1) is 5.92 Å². The molecule has 0 aliphatic carbocycles. The molecule has 0 spiro atoms. The zero-order valence-corrected chi connectivity index (χ0v) is 13.4. The topological polar surface area (TPSA) is 72.1 Å². The van der Waals surface area contributed by atoms with E-state index in [1.807, 2.05) is 0 Å². The Balaban J connectivity index is 2.02. The number of nitrogens with zero attached hydrogens (tertiary/aromatic N) is 3. The Kier molecular flexibility index (Phi) is 3.99. The number of aromatic nitrogens is 2. The van der Waals surface area contributed by atoms with Gasteiger partial charge in [-0.2, -0.15) is 4.98 Å². The number of carbonyl (C=O) groups is 1. The zero-order valence-electron chi connectivity index (χ0n) is 11.8. The van der Waals surface area contributed by atoms with Crippen LogP contribution in [0.2, 0.25) is 5.28 Å². The normalized spacial score (nSPS) is 19.1. The van der Waals surface area contributed by atoms with Gasteiger partial charge >= 0.3 is 0 Å². The van der Waals surface area contributed by atoms with Crippen LogP contribution in [-0.4, -0.2) is 29.0 Å². The van der Waals surface area contributed by atoms with Crippen LogP contribution in [0.15, 0.2) is 6.07 Å². The van der Waals surface area contributed by atoms with E-state index in [-0.39, 0.29) is 17.1 Å². The highest BCUT2D eigenvalue weighted by Gasteiger charge is 2.26. The van der Waals surface area contributed by atoms with E-state index in [0.717, 1.165) is 41.8 Å². The van der Waals surface area contributed by atoms with Gasteiger partial charge in [-0.1, -0.05) is 6.92 Å². The van der Waals surface area contributed by atoms with Crippen molar-refractivity contribution in [1.29, 1.82) is 0 Å². The van der Waals surface area contributed by atoms with E-state index in [2.05, 4.69) is 27.9 Å².